The highest BCUT2D eigenvalue weighted by Crippen LogP contribution is 2.42. The molecule has 0 aliphatic carbocycles. The van der Waals surface area contributed by atoms with Gasteiger partial charge in [0.15, 0.2) is 17.6 Å². The van der Waals surface area contributed by atoms with Crippen LogP contribution in [0.1, 0.15) is 12.5 Å². The van der Waals surface area contributed by atoms with Crippen molar-refractivity contribution in [3.05, 3.63) is 24.6 Å². The van der Waals surface area contributed by atoms with E-state index in [1.54, 1.807) is 6.07 Å². The van der Waals surface area contributed by atoms with Gasteiger partial charge in [-0.15, -0.1) is 0 Å². The molecule has 6 heteroatoms. The number of ether oxygens (including phenoxy) is 2. The van der Waals surface area contributed by atoms with E-state index in [0.717, 1.165) is 0 Å². The molecule has 1 radical (unpaired) electrons. The molecule has 4 nitrogen and oxygen atoms in total. The van der Waals surface area contributed by atoms with Crippen LogP contribution in [0.2, 0.25) is 0 Å². The first-order chi connectivity index (χ1) is 8.52. The van der Waals surface area contributed by atoms with Crippen LogP contribution < -0.4 is 14.8 Å². The van der Waals surface area contributed by atoms with Crippen molar-refractivity contribution in [2.45, 2.75) is 26.1 Å². The molecule has 1 aromatic carbocycles. The van der Waals surface area contributed by atoms with Crippen LogP contribution in [-0.4, -0.2) is 18.6 Å². The van der Waals surface area contributed by atoms with E-state index in [0.29, 0.717) is 17.7 Å². The summed E-state index contributed by atoms with van der Waals surface area (Å²) in [5, 5.41) is 2.61. The number of anilines is 1. The van der Waals surface area contributed by atoms with E-state index < -0.39 is 12.7 Å². The molecule has 0 spiro atoms. The van der Waals surface area contributed by atoms with E-state index in [-0.39, 0.29) is 17.4 Å². The Morgan fingerprint density at radius 3 is 2.89 bits per heavy atom. The number of fused-ring (bicyclic) bond motifs is 1. The van der Waals surface area contributed by atoms with Crippen LogP contribution in [0.15, 0.2) is 12.1 Å². The van der Waals surface area contributed by atoms with Crippen molar-refractivity contribution in [1.82, 2.24) is 0 Å². The second-order valence-electron chi connectivity index (χ2n) is 3.80. The number of rotatable bonds is 3. The molecule has 0 bridgehead atoms. The van der Waals surface area contributed by atoms with Crippen LogP contribution in [-0.2, 0) is 11.2 Å². The van der Waals surface area contributed by atoms with Gasteiger partial charge in [0.2, 0.25) is 0 Å². The number of benzene rings is 1. The lowest BCUT2D eigenvalue weighted by Gasteiger charge is -2.26. The second-order valence-corrected chi connectivity index (χ2v) is 3.80. The van der Waals surface area contributed by atoms with Crippen molar-refractivity contribution in [3.8, 4) is 11.5 Å². The minimum absolute atomic E-state index is 0.0935. The number of amides is 1. The Morgan fingerprint density at radius 1 is 1.56 bits per heavy atom. The Bertz CT molecular complexity index is 477. The van der Waals surface area contributed by atoms with E-state index in [1.807, 2.05) is 0 Å². The monoisotopic (exact) mass is 256 g/mol. The minimum atomic E-state index is -2.95. The van der Waals surface area contributed by atoms with Crippen molar-refractivity contribution in [2.24, 2.45) is 0 Å². The summed E-state index contributed by atoms with van der Waals surface area (Å²) in [6, 6.07) is 2.96. The molecule has 1 atom stereocenters. The Morgan fingerprint density at radius 2 is 2.28 bits per heavy atom. The van der Waals surface area contributed by atoms with E-state index in [2.05, 4.69) is 17.0 Å². The first kappa shape index (κ1) is 12.6. The zero-order valence-electron chi connectivity index (χ0n) is 9.70. The highest BCUT2D eigenvalue weighted by atomic mass is 19.3. The van der Waals surface area contributed by atoms with Crippen LogP contribution in [0.25, 0.3) is 0 Å². The first-order valence-electron chi connectivity index (χ1n) is 5.40. The first-order valence-corrected chi connectivity index (χ1v) is 5.40. The van der Waals surface area contributed by atoms with Crippen LogP contribution in [0.3, 0.4) is 0 Å². The van der Waals surface area contributed by atoms with Crippen LogP contribution >= 0.6 is 0 Å². The number of hydrogen-bond acceptors (Lipinski definition) is 3. The van der Waals surface area contributed by atoms with Crippen molar-refractivity contribution in [1.29, 1.82) is 0 Å². The Labute approximate surface area is 103 Å². The van der Waals surface area contributed by atoms with Gasteiger partial charge in [-0.2, -0.15) is 8.78 Å². The lowest BCUT2D eigenvalue weighted by molar-refractivity contribution is -0.122. The molecular formula is C12H12F2NO3. The summed E-state index contributed by atoms with van der Waals surface area (Å²) in [4.78, 5) is 11.5. The normalized spacial score (nSPS) is 18.1. The fraction of sp³-hybridized carbons (Fsp3) is 0.333. The molecule has 1 heterocycles. The third-order valence-corrected chi connectivity index (χ3v) is 2.61. The molecule has 1 N–H and O–H groups in total. The molecule has 18 heavy (non-hydrogen) atoms. The van der Waals surface area contributed by atoms with E-state index >= 15 is 0 Å². The Kier molecular flexibility index (Phi) is 3.36. The van der Waals surface area contributed by atoms with Gasteiger partial charge in [-0.05, 0) is 31.9 Å². The molecule has 0 saturated heterocycles. The summed E-state index contributed by atoms with van der Waals surface area (Å²) >= 11 is 0. The van der Waals surface area contributed by atoms with Gasteiger partial charge in [0.25, 0.3) is 5.91 Å². The molecule has 0 aromatic heterocycles. The maximum Gasteiger partial charge on any atom is 0.387 e. The van der Waals surface area contributed by atoms with Crippen molar-refractivity contribution in [2.75, 3.05) is 5.32 Å². The maximum absolute atomic E-state index is 12.3. The van der Waals surface area contributed by atoms with Gasteiger partial charge in [0.1, 0.15) is 0 Å². The lowest BCUT2D eigenvalue weighted by atomic mass is 10.1. The largest absolute Gasteiger partial charge is 0.475 e. The number of hydrogen-bond donors (Lipinski definition) is 1. The zero-order chi connectivity index (χ0) is 13.3. The van der Waals surface area contributed by atoms with E-state index in [9.17, 15) is 13.6 Å². The molecule has 1 aliphatic heterocycles. The van der Waals surface area contributed by atoms with Gasteiger partial charge >= 0.3 is 6.61 Å². The Balaban J connectivity index is 2.47. The van der Waals surface area contributed by atoms with E-state index in [4.69, 9.17) is 4.74 Å². The maximum atomic E-state index is 12.3. The minimum Gasteiger partial charge on any atom is -0.475 e. The van der Waals surface area contributed by atoms with Crippen LogP contribution in [0, 0.1) is 6.92 Å². The number of carbonyl (C=O) groups excluding carboxylic acids is 1. The van der Waals surface area contributed by atoms with Gasteiger partial charge < -0.3 is 14.8 Å². The molecule has 1 amide bonds. The number of alkyl halides is 2. The highest BCUT2D eigenvalue weighted by Gasteiger charge is 2.29. The standard InChI is InChI=1S/C12H12F2NO3/c1-3-7-4-5-8(18-12(13)14)10-9(7)15-11(16)6(2)17-10/h4-6,12H,1,3H2,2H3,(H,15,16)/t6-/m1/s1. The van der Waals surface area contributed by atoms with Gasteiger partial charge in [-0.1, -0.05) is 6.07 Å². The SMILES string of the molecule is [CH2]Cc1ccc(OC(F)F)c2c1NC(=O)[C@@H](C)O2. The van der Waals surface area contributed by atoms with Crippen molar-refractivity contribution < 1.29 is 23.0 Å². The molecule has 0 saturated carbocycles. The predicted octanol–water partition coefficient (Wildman–Crippen LogP) is 2.38. The second kappa shape index (κ2) is 4.80. The molecule has 2 rings (SSSR count). The average Bonchev–Trinajstić information content (AvgIpc) is 2.31. The smallest absolute Gasteiger partial charge is 0.387 e. The topological polar surface area (TPSA) is 47.6 Å². The predicted molar refractivity (Wildman–Crippen MR) is 60.9 cm³/mol. The van der Waals surface area contributed by atoms with Crippen molar-refractivity contribution >= 4 is 11.6 Å². The molecular weight excluding hydrogens is 244 g/mol. The zero-order valence-corrected chi connectivity index (χ0v) is 9.70. The fourth-order valence-electron chi connectivity index (χ4n) is 1.71. The summed E-state index contributed by atoms with van der Waals surface area (Å²) in [6.45, 7) is 2.28. The van der Waals surface area contributed by atoms with Crippen LogP contribution in [0.5, 0.6) is 11.5 Å². The Hall–Kier alpha value is -1.85. The van der Waals surface area contributed by atoms with Gasteiger partial charge in [0.05, 0.1) is 5.69 Å². The summed E-state index contributed by atoms with van der Waals surface area (Å²) < 4.78 is 34.2. The molecule has 1 aromatic rings. The average molecular weight is 256 g/mol. The molecule has 0 fully saturated rings. The molecule has 97 valence electrons. The van der Waals surface area contributed by atoms with Gasteiger partial charge in [-0.25, -0.2) is 0 Å². The van der Waals surface area contributed by atoms with Gasteiger partial charge in [0, 0.05) is 0 Å². The number of carbonyl (C=O) groups is 1. The third kappa shape index (κ3) is 2.23. The van der Waals surface area contributed by atoms with Gasteiger partial charge in [-0.3, -0.25) is 4.79 Å². The fourth-order valence-corrected chi connectivity index (χ4v) is 1.71. The summed E-state index contributed by atoms with van der Waals surface area (Å²) in [7, 11) is 0. The van der Waals surface area contributed by atoms with E-state index in [1.165, 1.54) is 13.0 Å². The molecule has 0 unspecified atom stereocenters. The highest BCUT2D eigenvalue weighted by molar-refractivity contribution is 5.99. The molecule has 1 aliphatic rings. The third-order valence-electron chi connectivity index (χ3n) is 2.61. The number of nitrogens with one attached hydrogen (secondary N) is 1. The summed E-state index contributed by atoms with van der Waals surface area (Å²) in [5.74, 6) is -0.293. The summed E-state index contributed by atoms with van der Waals surface area (Å²) in [6.07, 6.45) is -0.354. The number of halogens is 2. The lowest BCUT2D eigenvalue weighted by Crippen LogP contribution is -2.35. The van der Waals surface area contributed by atoms with Crippen molar-refractivity contribution in [3.63, 3.8) is 0 Å². The van der Waals surface area contributed by atoms with Crippen LogP contribution in [0.4, 0.5) is 14.5 Å². The quantitative estimate of drug-likeness (QED) is 0.903. The summed E-state index contributed by atoms with van der Waals surface area (Å²) in [5.41, 5.74) is 1.05.